The maximum absolute atomic E-state index is 12.9. The summed E-state index contributed by atoms with van der Waals surface area (Å²) in [7, 11) is -3.95. The summed E-state index contributed by atoms with van der Waals surface area (Å²) in [4.78, 5) is 36.4. The minimum atomic E-state index is -3.95. The van der Waals surface area contributed by atoms with E-state index in [1.54, 1.807) is 6.07 Å². The van der Waals surface area contributed by atoms with Crippen LogP contribution in [0.2, 0.25) is 0 Å². The van der Waals surface area contributed by atoms with Crippen molar-refractivity contribution in [3.8, 4) is 0 Å². The van der Waals surface area contributed by atoms with Crippen molar-refractivity contribution < 1.29 is 27.5 Å². The molecule has 1 aliphatic heterocycles. The van der Waals surface area contributed by atoms with Crippen molar-refractivity contribution in [2.45, 2.75) is 42.5 Å². The van der Waals surface area contributed by atoms with E-state index < -0.39 is 34.1 Å². The Morgan fingerprint density at radius 1 is 1.07 bits per heavy atom. The summed E-state index contributed by atoms with van der Waals surface area (Å²) >= 11 is 0. The lowest BCUT2D eigenvalue weighted by Gasteiger charge is -2.19. The molecule has 1 atom stereocenters. The number of sulfone groups is 1. The smallest absolute Gasteiger partial charge is 0.338 e. The summed E-state index contributed by atoms with van der Waals surface area (Å²) in [5, 5.41) is 2.71. The van der Waals surface area contributed by atoms with E-state index in [1.165, 1.54) is 30.3 Å². The van der Waals surface area contributed by atoms with Crippen molar-refractivity contribution in [3.63, 3.8) is 0 Å². The molecule has 7 nitrogen and oxygen atoms in total. The van der Waals surface area contributed by atoms with E-state index in [0.717, 1.165) is 18.9 Å². The standard InChI is InChI=1S/C21H21NO6S/c1-3-6-13(2)22-19(23)12-28-21(25)14-9-10-16-18(11-14)29(26,27)17-8-5-4-7-15(17)20(16)24/h4-5,7-11,13H,3,6,12H2,1-2H3,(H,22,23)/t13-/m0/s1. The van der Waals surface area contributed by atoms with Gasteiger partial charge in [-0.2, -0.15) is 0 Å². The van der Waals surface area contributed by atoms with Crippen LogP contribution >= 0.6 is 0 Å². The van der Waals surface area contributed by atoms with Gasteiger partial charge in [0.15, 0.2) is 12.4 Å². The van der Waals surface area contributed by atoms with Crippen LogP contribution in [0.3, 0.4) is 0 Å². The van der Waals surface area contributed by atoms with Gasteiger partial charge < -0.3 is 10.1 Å². The van der Waals surface area contributed by atoms with E-state index in [2.05, 4.69) is 5.32 Å². The summed E-state index contributed by atoms with van der Waals surface area (Å²) < 4.78 is 30.8. The van der Waals surface area contributed by atoms with Gasteiger partial charge in [0.05, 0.1) is 15.4 Å². The monoisotopic (exact) mass is 415 g/mol. The van der Waals surface area contributed by atoms with Gasteiger partial charge in [-0.25, -0.2) is 13.2 Å². The first-order valence-corrected chi connectivity index (χ1v) is 10.7. The van der Waals surface area contributed by atoms with Gasteiger partial charge in [0.2, 0.25) is 9.84 Å². The minimum Gasteiger partial charge on any atom is -0.452 e. The van der Waals surface area contributed by atoms with Crippen LogP contribution in [-0.4, -0.2) is 38.7 Å². The van der Waals surface area contributed by atoms with Crippen LogP contribution in [0.1, 0.15) is 53.0 Å². The highest BCUT2D eigenvalue weighted by atomic mass is 32.2. The van der Waals surface area contributed by atoms with Gasteiger partial charge in [-0.3, -0.25) is 9.59 Å². The highest BCUT2D eigenvalue weighted by molar-refractivity contribution is 7.91. The van der Waals surface area contributed by atoms with Gasteiger partial charge in [-0.05, 0) is 43.7 Å². The first kappa shape index (κ1) is 20.7. The average Bonchev–Trinajstić information content (AvgIpc) is 2.70. The molecule has 0 bridgehead atoms. The zero-order chi connectivity index (χ0) is 21.2. The van der Waals surface area contributed by atoms with Crippen LogP contribution in [0, 0.1) is 0 Å². The molecule has 0 saturated carbocycles. The molecule has 152 valence electrons. The maximum atomic E-state index is 12.9. The summed E-state index contributed by atoms with van der Waals surface area (Å²) in [6.07, 6.45) is 1.71. The number of benzene rings is 2. The molecule has 3 rings (SSSR count). The molecule has 29 heavy (non-hydrogen) atoms. The van der Waals surface area contributed by atoms with Gasteiger partial charge in [-0.1, -0.05) is 25.5 Å². The summed E-state index contributed by atoms with van der Waals surface area (Å²) in [5.41, 5.74) is 0.0634. The van der Waals surface area contributed by atoms with E-state index in [9.17, 15) is 22.8 Å². The molecule has 0 saturated heterocycles. The van der Waals surface area contributed by atoms with Gasteiger partial charge in [-0.15, -0.1) is 0 Å². The van der Waals surface area contributed by atoms with Crippen LogP contribution in [0.25, 0.3) is 0 Å². The fourth-order valence-corrected chi connectivity index (χ4v) is 4.92. The normalized spacial score (nSPS) is 15.0. The Kier molecular flexibility index (Phi) is 5.83. The van der Waals surface area contributed by atoms with Gasteiger partial charge in [0.1, 0.15) is 0 Å². The molecule has 8 heteroatoms. The SMILES string of the molecule is CCC[C@H](C)NC(=O)COC(=O)c1ccc2c(c1)S(=O)(=O)c1ccccc1C2=O. The Labute approximate surface area is 169 Å². The summed E-state index contributed by atoms with van der Waals surface area (Å²) in [5.74, 6) is -1.70. The summed E-state index contributed by atoms with van der Waals surface area (Å²) in [6.45, 7) is 3.38. The number of rotatable bonds is 6. The number of esters is 1. The maximum Gasteiger partial charge on any atom is 0.338 e. The number of ether oxygens (including phenoxy) is 1. The van der Waals surface area contributed by atoms with Crippen molar-refractivity contribution >= 4 is 27.5 Å². The number of carbonyl (C=O) groups is 3. The van der Waals surface area contributed by atoms with Crippen LogP contribution in [-0.2, 0) is 19.4 Å². The van der Waals surface area contributed by atoms with Gasteiger partial charge >= 0.3 is 5.97 Å². The van der Waals surface area contributed by atoms with Crippen molar-refractivity contribution in [1.29, 1.82) is 0 Å². The van der Waals surface area contributed by atoms with E-state index in [0.29, 0.717) is 0 Å². The lowest BCUT2D eigenvalue weighted by molar-refractivity contribution is -0.124. The molecule has 0 aliphatic carbocycles. The number of carbonyl (C=O) groups excluding carboxylic acids is 3. The minimum absolute atomic E-state index is 0.00591. The lowest BCUT2D eigenvalue weighted by Crippen LogP contribution is -2.35. The van der Waals surface area contributed by atoms with E-state index in [4.69, 9.17) is 4.74 Å². The predicted molar refractivity (Wildman–Crippen MR) is 105 cm³/mol. The Hall–Kier alpha value is -3.00. The third-order valence-corrected chi connectivity index (χ3v) is 6.49. The van der Waals surface area contributed by atoms with Crippen LogP contribution < -0.4 is 5.32 Å². The number of hydrogen-bond donors (Lipinski definition) is 1. The first-order valence-electron chi connectivity index (χ1n) is 9.25. The zero-order valence-corrected chi connectivity index (χ0v) is 16.9. The molecule has 0 spiro atoms. The lowest BCUT2D eigenvalue weighted by atomic mass is 10.0. The Bertz CT molecular complexity index is 1090. The van der Waals surface area contributed by atoms with Crippen LogP contribution in [0.5, 0.6) is 0 Å². The Balaban J connectivity index is 1.80. The molecule has 1 heterocycles. The number of amides is 1. The molecule has 0 fully saturated rings. The van der Waals surface area contributed by atoms with Crippen molar-refractivity contribution in [2.75, 3.05) is 6.61 Å². The molecular formula is C21H21NO6S. The number of nitrogens with one attached hydrogen (secondary N) is 1. The van der Waals surface area contributed by atoms with Crippen molar-refractivity contribution in [2.24, 2.45) is 0 Å². The first-order chi connectivity index (χ1) is 13.8. The molecule has 0 aromatic heterocycles. The van der Waals surface area contributed by atoms with E-state index in [1.807, 2.05) is 13.8 Å². The second-order valence-electron chi connectivity index (χ2n) is 6.87. The number of hydrogen-bond acceptors (Lipinski definition) is 6. The molecule has 1 N–H and O–H groups in total. The molecule has 1 amide bonds. The van der Waals surface area contributed by atoms with Crippen molar-refractivity contribution in [1.82, 2.24) is 5.32 Å². The van der Waals surface area contributed by atoms with E-state index >= 15 is 0 Å². The quantitative estimate of drug-likeness (QED) is 0.620. The summed E-state index contributed by atoms with van der Waals surface area (Å²) in [6, 6.07) is 9.65. The average molecular weight is 415 g/mol. The third-order valence-electron chi connectivity index (χ3n) is 4.64. The van der Waals surface area contributed by atoms with Gasteiger partial charge in [0.25, 0.3) is 5.91 Å². The topological polar surface area (TPSA) is 107 Å². The fraction of sp³-hybridized carbons (Fsp3) is 0.286. The van der Waals surface area contributed by atoms with E-state index in [-0.39, 0.29) is 32.5 Å². The zero-order valence-electron chi connectivity index (χ0n) is 16.1. The number of ketones is 1. The van der Waals surface area contributed by atoms with Crippen LogP contribution in [0.4, 0.5) is 0 Å². The molecular weight excluding hydrogens is 394 g/mol. The predicted octanol–water partition coefficient (Wildman–Crippen LogP) is 2.53. The van der Waals surface area contributed by atoms with Gasteiger partial charge in [0, 0.05) is 17.2 Å². The molecule has 2 aromatic rings. The van der Waals surface area contributed by atoms with Crippen LogP contribution in [0.15, 0.2) is 52.3 Å². The fourth-order valence-electron chi connectivity index (χ4n) is 3.25. The third kappa shape index (κ3) is 4.07. The molecule has 1 aliphatic rings. The molecule has 2 aromatic carbocycles. The second kappa shape index (κ2) is 8.16. The highest BCUT2D eigenvalue weighted by Gasteiger charge is 2.35. The molecule has 0 unspecified atom stereocenters. The Morgan fingerprint density at radius 3 is 2.48 bits per heavy atom. The largest absolute Gasteiger partial charge is 0.452 e. The van der Waals surface area contributed by atoms with Crippen molar-refractivity contribution in [3.05, 3.63) is 59.2 Å². The highest BCUT2D eigenvalue weighted by Crippen LogP contribution is 2.34. The number of fused-ring (bicyclic) bond motifs is 2. The Morgan fingerprint density at radius 2 is 1.76 bits per heavy atom. The second-order valence-corrected chi connectivity index (χ2v) is 8.76. The molecule has 0 radical (unpaired) electrons.